The third kappa shape index (κ3) is 3.29. The van der Waals surface area contributed by atoms with Crippen molar-refractivity contribution in [3.05, 3.63) is 62.8 Å². The van der Waals surface area contributed by atoms with Gasteiger partial charge in [-0.1, -0.05) is 0 Å². The standard InChI is InChI=1S/C15H13F4N3O2/c1-6-4-9(23)21-14(20-6)15(2,3)22-13(24)7-5-8(16)11(18)12(19)10(7)17/h4-5H,1-3H3,(H,22,24)(H,20,21,23). The van der Waals surface area contributed by atoms with Crippen molar-refractivity contribution in [1.82, 2.24) is 15.3 Å². The van der Waals surface area contributed by atoms with E-state index in [1.165, 1.54) is 19.9 Å². The molecule has 1 heterocycles. The van der Waals surface area contributed by atoms with Crippen molar-refractivity contribution < 1.29 is 22.4 Å². The van der Waals surface area contributed by atoms with E-state index in [2.05, 4.69) is 15.3 Å². The summed E-state index contributed by atoms with van der Waals surface area (Å²) in [5.41, 5.74) is -2.39. The molecule has 5 nitrogen and oxygen atoms in total. The van der Waals surface area contributed by atoms with E-state index in [4.69, 9.17) is 0 Å². The summed E-state index contributed by atoms with van der Waals surface area (Å²) in [6, 6.07) is 1.48. The van der Waals surface area contributed by atoms with Crippen LogP contribution in [0.2, 0.25) is 0 Å². The Labute approximate surface area is 133 Å². The maximum atomic E-state index is 13.7. The minimum atomic E-state index is -2.08. The third-order valence-corrected chi connectivity index (χ3v) is 3.24. The molecule has 24 heavy (non-hydrogen) atoms. The van der Waals surface area contributed by atoms with Crippen LogP contribution in [0.1, 0.15) is 35.7 Å². The zero-order valence-electron chi connectivity index (χ0n) is 12.9. The van der Waals surface area contributed by atoms with Crippen LogP contribution in [-0.4, -0.2) is 15.9 Å². The highest BCUT2D eigenvalue weighted by molar-refractivity contribution is 5.95. The fourth-order valence-corrected chi connectivity index (χ4v) is 2.02. The SMILES string of the molecule is Cc1cc(=O)[nH]c(C(C)(C)NC(=O)c2cc(F)c(F)c(F)c2F)n1. The fraction of sp³-hybridized carbons (Fsp3) is 0.267. The van der Waals surface area contributed by atoms with Crippen LogP contribution in [0.15, 0.2) is 16.9 Å². The van der Waals surface area contributed by atoms with E-state index >= 15 is 0 Å². The van der Waals surface area contributed by atoms with Gasteiger partial charge in [0.05, 0.1) is 11.1 Å². The van der Waals surface area contributed by atoms with Gasteiger partial charge in [0.2, 0.25) is 0 Å². The molecule has 0 spiro atoms. The monoisotopic (exact) mass is 343 g/mol. The van der Waals surface area contributed by atoms with Crippen molar-refractivity contribution in [2.45, 2.75) is 26.3 Å². The summed E-state index contributed by atoms with van der Waals surface area (Å²) in [5, 5.41) is 2.29. The lowest BCUT2D eigenvalue weighted by atomic mass is 10.0. The fourth-order valence-electron chi connectivity index (χ4n) is 2.02. The number of carbonyl (C=O) groups is 1. The lowest BCUT2D eigenvalue weighted by molar-refractivity contribution is 0.0902. The van der Waals surface area contributed by atoms with Gasteiger partial charge < -0.3 is 10.3 Å². The van der Waals surface area contributed by atoms with Crippen LogP contribution in [0, 0.1) is 30.2 Å². The van der Waals surface area contributed by atoms with Gasteiger partial charge in [-0.25, -0.2) is 22.5 Å². The minimum absolute atomic E-state index is 0.0595. The van der Waals surface area contributed by atoms with Crippen LogP contribution in [0.3, 0.4) is 0 Å². The van der Waals surface area contributed by atoms with Crippen molar-refractivity contribution in [3.8, 4) is 0 Å². The molecule has 0 atom stereocenters. The highest BCUT2D eigenvalue weighted by Crippen LogP contribution is 2.21. The number of aromatic amines is 1. The van der Waals surface area contributed by atoms with Crippen LogP contribution in [0.25, 0.3) is 0 Å². The molecule has 0 saturated carbocycles. The Kier molecular flexibility index (Phi) is 4.46. The molecule has 0 saturated heterocycles. The van der Waals surface area contributed by atoms with Crippen LogP contribution in [-0.2, 0) is 5.54 Å². The molecule has 0 radical (unpaired) electrons. The summed E-state index contributed by atoms with van der Waals surface area (Å²) in [6.07, 6.45) is 0. The van der Waals surface area contributed by atoms with E-state index in [0.29, 0.717) is 5.69 Å². The topological polar surface area (TPSA) is 74.8 Å². The first-order chi connectivity index (χ1) is 11.0. The van der Waals surface area contributed by atoms with Gasteiger partial charge >= 0.3 is 0 Å². The molecule has 2 N–H and O–H groups in total. The zero-order valence-corrected chi connectivity index (χ0v) is 12.9. The summed E-state index contributed by atoms with van der Waals surface area (Å²) < 4.78 is 53.1. The van der Waals surface area contributed by atoms with Gasteiger partial charge in [-0.15, -0.1) is 0 Å². The Morgan fingerprint density at radius 2 is 1.75 bits per heavy atom. The number of carbonyl (C=O) groups excluding carboxylic acids is 1. The second-order valence-electron chi connectivity index (χ2n) is 5.66. The first-order valence-electron chi connectivity index (χ1n) is 6.77. The van der Waals surface area contributed by atoms with Gasteiger partial charge in [0.1, 0.15) is 5.82 Å². The molecule has 0 bridgehead atoms. The molecule has 1 aromatic heterocycles. The van der Waals surface area contributed by atoms with Crippen molar-refractivity contribution in [2.75, 3.05) is 0 Å². The Bertz CT molecular complexity index is 878. The lowest BCUT2D eigenvalue weighted by Crippen LogP contribution is -2.43. The maximum absolute atomic E-state index is 13.7. The normalized spacial score (nSPS) is 11.5. The average molecular weight is 343 g/mol. The number of rotatable bonds is 3. The number of amides is 1. The van der Waals surface area contributed by atoms with Gasteiger partial charge in [-0.3, -0.25) is 9.59 Å². The number of hydrogen-bond acceptors (Lipinski definition) is 3. The van der Waals surface area contributed by atoms with Gasteiger partial charge in [-0.2, -0.15) is 0 Å². The van der Waals surface area contributed by atoms with Gasteiger partial charge in [-0.05, 0) is 26.8 Å². The second kappa shape index (κ2) is 6.06. The number of nitrogens with one attached hydrogen (secondary N) is 2. The molecule has 0 aliphatic carbocycles. The second-order valence-corrected chi connectivity index (χ2v) is 5.66. The first-order valence-corrected chi connectivity index (χ1v) is 6.77. The molecule has 2 rings (SSSR count). The van der Waals surface area contributed by atoms with Crippen molar-refractivity contribution in [2.24, 2.45) is 0 Å². The van der Waals surface area contributed by atoms with Crippen LogP contribution < -0.4 is 10.9 Å². The highest BCUT2D eigenvalue weighted by Gasteiger charge is 2.30. The van der Waals surface area contributed by atoms with Crippen LogP contribution in [0.4, 0.5) is 17.6 Å². The lowest BCUT2D eigenvalue weighted by Gasteiger charge is -2.25. The molecule has 128 valence electrons. The number of H-pyrrole nitrogens is 1. The predicted octanol–water partition coefficient (Wildman–Crippen LogP) is 2.30. The Morgan fingerprint density at radius 1 is 1.12 bits per heavy atom. The third-order valence-electron chi connectivity index (χ3n) is 3.24. The molecular formula is C15H13F4N3O2. The Morgan fingerprint density at radius 3 is 2.33 bits per heavy atom. The number of benzene rings is 1. The zero-order chi connectivity index (χ0) is 18.2. The number of hydrogen-bond donors (Lipinski definition) is 2. The Hall–Kier alpha value is -2.71. The number of halogens is 4. The van der Waals surface area contributed by atoms with E-state index in [-0.39, 0.29) is 11.9 Å². The van der Waals surface area contributed by atoms with E-state index < -0.39 is 45.8 Å². The summed E-state index contributed by atoms with van der Waals surface area (Å²) >= 11 is 0. The molecule has 0 fully saturated rings. The summed E-state index contributed by atoms with van der Waals surface area (Å²) in [6.45, 7) is 4.44. The number of aryl methyl sites for hydroxylation is 1. The molecule has 0 aliphatic rings. The van der Waals surface area contributed by atoms with Crippen LogP contribution >= 0.6 is 0 Å². The highest BCUT2D eigenvalue weighted by atomic mass is 19.2. The summed E-state index contributed by atoms with van der Waals surface area (Å²) in [4.78, 5) is 30.1. The maximum Gasteiger partial charge on any atom is 0.255 e. The molecule has 0 aliphatic heterocycles. The molecule has 2 aromatic rings. The van der Waals surface area contributed by atoms with Gasteiger partial charge in [0.25, 0.3) is 11.5 Å². The van der Waals surface area contributed by atoms with E-state index in [0.717, 1.165) is 0 Å². The quantitative estimate of drug-likeness (QED) is 0.510. The van der Waals surface area contributed by atoms with Crippen molar-refractivity contribution in [3.63, 3.8) is 0 Å². The smallest absolute Gasteiger partial charge is 0.255 e. The average Bonchev–Trinajstić information content (AvgIpc) is 2.47. The molecule has 1 aromatic carbocycles. The molecular weight excluding hydrogens is 330 g/mol. The molecule has 1 amide bonds. The largest absolute Gasteiger partial charge is 0.340 e. The Balaban J connectivity index is 2.40. The minimum Gasteiger partial charge on any atom is -0.340 e. The molecule has 9 heteroatoms. The van der Waals surface area contributed by atoms with Crippen molar-refractivity contribution >= 4 is 5.91 Å². The number of aromatic nitrogens is 2. The van der Waals surface area contributed by atoms with E-state index in [1.807, 2.05) is 0 Å². The number of nitrogens with zero attached hydrogens (tertiary/aromatic N) is 1. The molecule has 0 unspecified atom stereocenters. The van der Waals surface area contributed by atoms with Gasteiger partial charge in [0, 0.05) is 11.8 Å². The van der Waals surface area contributed by atoms with E-state index in [1.54, 1.807) is 6.92 Å². The first kappa shape index (κ1) is 17.6. The predicted molar refractivity (Wildman–Crippen MR) is 76.4 cm³/mol. The summed E-state index contributed by atoms with van der Waals surface area (Å²) in [7, 11) is 0. The van der Waals surface area contributed by atoms with Gasteiger partial charge in [0.15, 0.2) is 23.3 Å². The van der Waals surface area contributed by atoms with Crippen molar-refractivity contribution in [1.29, 1.82) is 0 Å². The van der Waals surface area contributed by atoms with Crippen LogP contribution in [0.5, 0.6) is 0 Å². The van der Waals surface area contributed by atoms with E-state index in [9.17, 15) is 27.2 Å². The summed E-state index contributed by atoms with van der Waals surface area (Å²) in [5.74, 6) is -8.73.